The zero-order valence-corrected chi connectivity index (χ0v) is 23.8. The molecule has 0 spiro atoms. The summed E-state index contributed by atoms with van der Waals surface area (Å²) in [6, 6.07) is 14.7. The zero-order chi connectivity index (χ0) is 29.2. The molecular formula is C31H30Cl2N2O6. The van der Waals surface area contributed by atoms with Gasteiger partial charge >= 0.3 is 11.9 Å². The molecule has 0 unspecified atom stereocenters. The Hall–Kier alpha value is -4.01. The number of para-hydroxylation sites is 1. The lowest BCUT2D eigenvalue weighted by Crippen LogP contribution is -2.07. The highest BCUT2D eigenvalue weighted by molar-refractivity contribution is 6.42. The van der Waals surface area contributed by atoms with E-state index in [0.29, 0.717) is 47.6 Å². The standard InChI is InChI=1S/C31H30Cl2N2O6/c32-26-9-5-10-27(30(26)33)41-17-2-1-16-40-24-15-14-23(34-18-24)13-12-21-6-3-8-25-22(7-4-11-28(36)37)19-35(31(21)25)20-29(38)39/h3,5-6,8-10,12-15,18-19H,1-2,4,7,11,16-17,20H2,(H,36,37)(H,38,39)/b13-12+. The molecule has 2 heterocycles. The Bertz CT molecular complexity index is 1530. The number of carbonyl (C=O) groups is 2. The molecule has 2 aromatic heterocycles. The van der Waals surface area contributed by atoms with E-state index in [1.807, 2.05) is 42.5 Å². The summed E-state index contributed by atoms with van der Waals surface area (Å²) in [6.45, 7) is 0.823. The molecule has 0 atom stereocenters. The van der Waals surface area contributed by atoms with Crippen molar-refractivity contribution in [3.63, 3.8) is 0 Å². The number of benzene rings is 2. The summed E-state index contributed by atoms with van der Waals surface area (Å²) in [4.78, 5) is 26.9. The molecule has 0 aliphatic heterocycles. The van der Waals surface area contributed by atoms with E-state index in [1.165, 1.54) is 0 Å². The van der Waals surface area contributed by atoms with Crippen LogP contribution in [-0.2, 0) is 22.6 Å². The van der Waals surface area contributed by atoms with E-state index in [1.54, 1.807) is 35.2 Å². The van der Waals surface area contributed by atoms with Gasteiger partial charge in [0.1, 0.15) is 23.1 Å². The molecule has 0 amide bonds. The number of pyridine rings is 1. The molecule has 0 aliphatic rings. The van der Waals surface area contributed by atoms with Gasteiger partial charge in [0.05, 0.1) is 35.6 Å². The Labute approximate surface area is 247 Å². The van der Waals surface area contributed by atoms with Crippen molar-refractivity contribution in [2.75, 3.05) is 13.2 Å². The number of hydrogen-bond acceptors (Lipinski definition) is 5. The van der Waals surface area contributed by atoms with Crippen molar-refractivity contribution >= 4 is 58.2 Å². The second kappa shape index (κ2) is 14.6. The summed E-state index contributed by atoms with van der Waals surface area (Å²) in [7, 11) is 0. The van der Waals surface area contributed by atoms with Crippen molar-refractivity contribution < 1.29 is 29.3 Å². The van der Waals surface area contributed by atoms with Gasteiger partial charge in [-0.25, -0.2) is 0 Å². The van der Waals surface area contributed by atoms with Crippen molar-refractivity contribution in [1.82, 2.24) is 9.55 Å². The highest BCUT2D eigenvalue weighted by atomic mass is 35.5. The minimum Gasteiger partial charge on any atom is -0.492 e. The largest absolute Gasteiger partial charge is 0.492 e. The number of aromatic nitrogens is 2. The normalized spacial score (nSPS) is 11.3. The predicted octanol–water partition coefficient (Wildman–Crippen LogP) is 7.24. The average Bonchev–Trinajstić information content (AvgIpc) is 3.29. The molecule has 2 N–H and O–H groups in total. The van der Waals surface area contributed by atoms with Crippen molar-refractivity contribution in [3.05, 3.63) is 87.8 Å². The number of fused-ring (bicyclic) bond motifs is 1. The first kappa shape index (κ1) is 30.0. The second-order valence-electron chi connectivity index (χ2n) is 9.37. The summed E-state index contributed by atoms with van der Waals surface area (Å²) >= 11 is 12.1. The maximum absolute atomic E-state index is 11.5. The first-order valence-corrected chi connectivity index (χ1v) is 14.0. The first-order valence-electron chi connectivity index (χ1n) is 13.2. The summed E-state index contributed by atoms with van der Waals surface area (Å²) in [6.07, 6.45) is 9.89. The van der Waals surface area contributed by atoms with Gasteiger partial charge in [0.15, 0.2) is 0 Å². The lowest BCUT2D eigenvalue weighted by Gasteiger charge is -2.09. The number of nitrogens with zero attached hydrogens (tertiary/aromatic N) is 2. The van der Waals surface area contributed by atoms with Crippen LogP contribution in [-0.4, -0.2) is 44.9 Å². The summed E-state index contributed by atoms with van der Waals surface area (Å²) in [5.74, 6) is -0.579. The van der Waals surface area contributed by atoms with Crippen molar-refractivity contribution in [2.45, 2.75) is 38.6 Å². The van der Waals surface area contributed by atoms with Crippen LogP contribution in [0.15, 0.2) is 60.9 Å². The lowest BCUT2D eigenvalue weighted by molar-refractivity contribution is -0.138. The molecular weight excluding hydrogens is 567 g/mol. The molecule has 2 aromatic carbocycles. The molecule has 0 bridgehead atoms. The maximum Gasteiger partial charge on any atom is 0.323 e. The highest BCUT2D eigenvalue weighted by Gasteiger charge is 2.14. The predicted molar refractivity (Wildman–Crippen MR) is 160 cm³/mol. The molecule has 0 fully saturated rings. The fourth-order valence-electron chi connectivity index (χ4n) is 4.42. The molecule has 41 heavy (non-hydrogen) atoms. The van der Waals surface area contributed by atoms with Gasteiger partial charge in [0.2, 0.25) is 0 Å². The van der Waals surface area contributed by atoms with Gasteiger partial charge in [-0.2, -0.15) is 0 Å². The van der Waals surface area contributed by atoms with Gasteiger partial charge < -0.3 is 24.3 Å². The third kappa shape index (κ3) is 8.49. The molecule has 4 rings (SSSR count). The quantitative estimate of drug-likeness (QED) is 0.139. The Balaban J connectivity index is 1.34. The van der Waals surface area contributed by atoms with Crippen LogP contribution in [0.4, 0.5) is 0 Å². The second-order valence-corrected chi connectivity index (χ2v) is 10.2. The number of hydrogen-bond donors (Lipinski definition) is 2. The van der Waals surface area contributed by atoms with Crippen LogP contribution in [0.25, 0.3) is 23.1 Å². The van der Waals surface area contributed by atoms with Gasteiger partial charge in [-0.3, -0.25) is 14.6 Å². The van der Waals surface area contributed by atoms with E-state index in [-0.39, 0.29) is 13.0 Å². The summed E-state index contributed by atoms with van der Waals surface area (Å²) in [5, 5.41) is 20.2. The number of aryl methyl sites for hydroxylation is 1. The summed E-state index contributed by atoms with van der Waals surface area (Å²) < 4.78 is 13.2. The van der Waals surface area contributed by atoms with Crippen LogP contribution in [0.1, 0.15) is 42.5 Å². The van der Waals surface area contributed by atoms with Gasteiger partial charge in [-0.15, -0.1) is 0 Å². The van der Waals surface area contributed by atoms with E-state index < -0.39 is 11.9 Å². The van der Waals surface area contributed by atoms with Crippen LogP contribution in [0.3, 0.4) is 0 Å². The van der Waals surface area contributed by atoms with Crippen LogP contribution < -0.4 is 9.47 Å². The topological polar surface area (TPSA) is 111 Å². The molecule has 214 valence electrons. The highest BCUT2D eigenvalue weighted by Crippen LogP contribution is 2.31. The minimum atomic E-state index is -0.951. The molecule has 0 aliphatic carbocycles. The first-order chi connectivity index (χ1) is 19.8. The van der Waals surface area contributed by atoms with E-state index in [0.717, 1.165) is 40.6 Å². The third-order valence-corrected chi connectivity index (χ3v) is 7.13. The van der Waals surface area contributed by atoms with E-state index in [4.69, 9.17) is 37.8 Å². The van der Waals surface area contributed by atoms with Gasteiger partial charge in [0, 0.05) is 18.0 Å². The van der Waals surface area contributed by atoms with Gasteiger partial charge in [-0.1, -0.05) is 53.5 Å². The number of unbranched alkanes of at least 4 members (excludes halogenated alkanes) is 1. The molecule has 0 saturated carbocycles. The van der Waals surface area contributed by atoms with Gasteiger partial charge in [-0.05, 0) is 67.2 Å². The van der Waals surface area contributed by atoms with Crippen LogP contribution >= 0.6 is 23.2 Å². The Kier molecular flexibility index (Phi) is 10.6. The SMILES string of the molecule is O=C(O)CCCc1cn(CC(=O)O)c2c(/C=C/c3ccc(OCCCCOc4cccc(Cl)c4Cl)cn3)cccc12. The smallest absolute Gasteiger partial charge is 0.323 e. The van der Waals surface area contributed by atoms with Crippen LogP contribution in [0.2, 0.25) is 10.0 Å². The number of halogens is 2. The Morgan fingerprint density at radius 3 is 2.41 bits per heavy atom. The molecule has 4 aromatic rings. The number of ether oxygens (including phenoxy) is 2. The summed E-state index contributed by atoms with van der Waals surface area (Å²) in [5.41, 5.74) is 3.28. The molecule has 10 heteroatoms. The van der Waals surface area contributed by atoms with E-state index >= 15 is 0 Å². The Morgan fingerprint density at radius 2 is 1.68 bits per heavy atom. The lowest BCUT2D eigenvalue weighted by atomic mass is 10.0. The number of carboxylic acid groups (broad SMARTS) is 2. The zero-order valence-electron chi connectivity index (χ0n) is 22.3. The number of carboxylic acids is 2. The van der Waals surface area contributed by atoms with Crippen LogP contribution in [0.5, 0.6) is 11.5 Å². The van der Waals surface area contributed by atoms with Crippen molar-refractivity contribution in [2.24, 2.45) is 0 Å². The number of aliphatic carboxylic acids is 2. The fourth-order valence-corrected chi connectivity index (χ4v) is 4.77. The maximum atomic E-state index is 11.5. The van der Waals surface area contributed by atoms with E-state index in [9.17, 15) is 14.7 Å². The molecule has 0 saturated heterocycles. The number of rotatable bonds is 15. The van der Waals surface area contributed by atoms with Crippen LogP contribution in [0, 0.1) is 0 Å². The molecule has 8 nitrogen and oxygen atoms in total. The van der Waals surface area contributed by atoms with Crippen molar-refractivity contribution in [3.8, 4) is 11.5 Å². The fraction of sp³-hybridized carbons (Fsp3) is 0.258. The molecule has 0 radical (unpaired) electrons. The minimum absolute atomic E-state index is 0.0598. The van der Waals surface area contributed by atoms with Crippen molar-refractivity contribution in [1.29, 1.82) is 0 Å². The average molecular weight is 597 g/mol. The monoisotopic (exact) mass is 596 g/mol. The van der Waals surface area contributed by atoms with E-state index in [2.05, 4.69) is 4.98 Å². The third-order valence-electron chi connectivity index (χ3n) is 6.33. The Morgan fingerprint density at radius 1 is 0.902 bits per heavy atom. The van der Waals surface area contributed by atoms with Gasteiger partial charge in [0.25, 0.3) is 0 Å².